The molecule has 0 spiro atoms. The average molecular weight is 259 g/mol. The number of nitrogens with zero attached hydrogens (tertiary/aromatic N) is 2. The first-order valence-electron chi connectivity index (χ1n) is 7.41. The summed E-state index contributed by atoms with van der Waals surface area (Å²) in [6.45, 7) is 8.66. The zero-order chi connectivity index (χ0) is 13.7. The van der Waals surface area contributed by atoms with Crippen molar-refractivity contribution in [1.29, 1.82) is 0 Å². The molecule has 1 unspecified atom stereocenters. The van der Waals surface area contributed by atoms with Crippen LogP contribution in [0.25, 0.3) is 11.0 Å². The standard InChI is InChI=1S/C16H25N3/c1-4-14(17-5-2)9-8-12-19-13(3)18-15-10-6-7-11-16(15)19/h6-7,10-11,14,17H,4-5,8-9,12H2,1-3H3. The minimum absolute atomic E-state index is 0.653. The van der Waals surface area contributed by atoms with E-state index in [4.69, 9.17) is 0 Å². The van der Waals surface area contributed by atoms with Crippen molar-refractivity contribution in [1.82, 2.24) is 14.9 Å². The van der Waals surface area contributed by atoms with E-state index < -0.39 is 0 Å². The van der Waals surface area contributed by atoms with Gasteiger partial charge in [-0.05, 0) is 44.9 Å². The Morgan fingerprint density at radius 1 is 1.26 bits per heavy atom. The number of imidazole rings is 1. The number of hydrogen-bond acceptors (Lipinski definition) is 2. The molecular formula is C16H25N3. The van der Waals surface area contributed by atoms with Crippen molar-refractivity contribution in [2.24, 2.45) is 0 Å². The molecule has 0 amide bonds. The lowest BCUT2D eigenvalue weighted by Gasteiger charge is -2.16. The minimum Gasteiger partial charge on any atom is -0.328 e. The predicted octanol–water partition coefficient (Wildman–Crippen LogP) is 3.51. The van der Waals surface area contributed by atoms with E-state index in [0.29, 0.717) is 6.04 Å². The molecule has 0 fully saturated rings. The maximum atomic E-state index is 4.61. The molecule has 2 rings (SSSR count). The van der Waals surface area contributed by atoms with Crippen LogP contribution in [0.5, 0.6) is 0 Å². The summed E-state index contributed by atoms with van der Waals surface area (Å²) >= 11 is 0. The highest BCUT2D eigenvalue weighted by atomic mass is 15.1. The smallest absolute Gasteiger partial charge is 0.106 e. The van der Waals surface area contributed by atoms with E-state index in [9.17, 15) is 0 Å². The molecule has 0 aliphatic rings. The van der Waals surface area contributed by atoms with Gasteiger partial charge >= 0.3 is 0 Å². The molecule has 1 heterocycles. The molecule has 0 radical (unpaired) electrons. The summed E-state index contributed by atoms with van der Waals surface area (Å²) in [4.78, 5) is 4.61. The van der Waals surface area contributed by atoms with Crippen LogP contribution >= 0.6 is 0 Å². The molecule has 2 aromatic rings. The quantitative estimate of drug-likeness (QED) is 0.824. The Morgan fingerprint density at radius 3 is 2.79 bits per heavy atom. The molecule has 1 aromatic heterocycles. The second kappa shape index (κ2) is 6.71. The number of aromatic nitrogens is 2. The molecule has 0 bridgehead atoms. The van der Waals surface area contributed by atoms with Gasteiger partial charge in [-0.1, -0.05) is 26.0 Å². The predicted molar refractivity (Wildman–Crippen MR) is 81.5 cm³/mol. The molecule has 1 atom stereocenters. The van der Waals surface area contributed by atoms with E-state index in [2.05, 4.69) is 59.9 Å². The Morgan fingerprint density at radius 2 is 2.05 bits per heavy atom. The zero-order valence-corrected chi connectivity index (χ0v) is 12.3. The van der Waals surface area contributed by atoms with Gasteiger partial charge in [-0.3, -0.25) is 0 Å². The first-order chi connectivity index (χ1) is 9.26. The molecule has 1 aromatic carbocycles. The van der Waals surface area contributed by atoms with E-state index >= 15 is 0 Å². The van der Waals surface area contributed by atoms with Crippen LogP contribution in [0.4, 0.5) is 0 Å². The summed E-state index contributed by atoms with van der Waals surface area (Å²) in [5.41, 5.74) is 2.37. The van der Waals surface area contributed by atoms with E-state index in [1.54, 1.807) is 0 Å². The van der Waals surface area contributed by atoms with Gasteiger partial charge in [-0.15, -0.1) is 0 Å². The lowest BCUT2D eigenvalue weighted by atomic mass is 10.1. The van der Waals surface area contributed by atoms with Crippen molar-refractivity contribution < 1.29 is 0 Å². The number of fused-ring (bicyclic) bond motifs is 1. The van der Waals surface area contributed by atoms with E-state index in [-0.39, 0.29) is 0 Å². The van der Waals surface area contributed by atoms with Crippen molar-refractivity contribution in [3.63, 3.8) is 0 Å². The fourth-order valence-corrected chi connectivity index (χ4v) is 2.71. The Bertz CT molecular complexity index is 516. The van der Waals surface area contributed by atoms with Gasteiger partial charge in [0.1, 0.15) is 5.82 Å². The molecule has 1 N–H and O–H groups in total. The fraction of sp³-hybridized carbons (Fsp3) is 0.562. The van der Waals surface area contributed by atoms with Gasteiger partial charge in [0, 0.05) is 12.6 Å². The van der Waals surface area contributed by atoms with E-state index in [0.717, 1.165) is 24.4 Å². The van der Waals surface area contributed by atoms with Gasteiger partial charge in [0.05, 0.1) is 11.0 Å². The van der Waals surface area contributed by atoms with Gasteiger partial charge in [0.15, 0.2) is 0 Å². The summed E-state index contributed by atoms with van der Waals surface area (Å²) < 4.78 is 2.34. The Kier molecular flexibility index (Phi) is 4.97. The third-order valence-electron chi connectivity index (χ3n) is 3.77. The maximum absolute atomic E-state index is 4.61. The Balaban J connectivity index is 1.99. The highest BCUT2D eigenvalue weighted by Crippen LogP contribution is 2.16. The molecule has 19 heavy (non-hydrogen) atoms. The van der Waals surface area contributed by atoms with Crippen LogP contribution in [0.2, 0.25) is 0 Å². The molecule has 0 aliphatic heterocycles. The number of nitrogens with one attached hydrogen (secondary N) is 1. The van der Waals surface area contributed by atoms with Gasteiger partial charge in [0.25, 0.3) is 0 Å². The van der Waals surface area contributed by atoms with Gasteiger partial charge < -0.3 is 9.88 Å². The van der Waals surface area contributed by atoms with Crippen molar-refractivity contribution in [2.45, 2.75) is 52.6 Å². The normalized spacial score (nSPS) is 13.0. The second-order valence-corrected chi connectivity index (χ2v) is 5.10. The van der Waals surface area contributed by atoms with Crippen molar-refractivity contribution >= 4 is 11.0 Å². The number of aryl methyl sites for hydroxylation is 2. The van der Waals surface area contributed by atoms with E-state index in [1.807, 2.05) is 0 Å². The number of hydrogen-bond donors (Lipinski definition) is 1. The van der Waals surface area contributed by atoms with Crippen LogP contribution in [0, 0.1) is 6.92 Å². The summed E-state index contributed by atoms with van der Waals surface area (Å²) in [7, 11) is 0. The molecule has 3 nitrogen and oxygen atoms in total. The second-order valence-electron chi connectivity index (χ2n) is 5.10. The molecule has 3 heteroatoms. The SMILES string of the molecule is CCNC(CC)CCCn1c(C)nc2ccccc21. The summed E-state index contributed by atoms with van der Waals surface area (Å²) in [6.07, 6.45) is 3.64. The molecule has 104 valence electrons. The zero-order valence-electron chi connectivity index (χ0n) is 12.3. The van der Waals surface area contributed by atoms with Gasteiger partial charge in [-0.2, -0.15) is 0 Å². The fourth-order valence-electron chi connectivity index (χ4n) is 2.71. The largest absolute Gasteiger partial charge is 0.328 e. The molecule has 0 saturated carbocycles. The first-order valence-corrected chi connectivity index (χ1v) is 7.41. The van der Waals surface area contributed by atoms with Crippen molar-refractivity contribution in [2.75, 3.05) is 6.54 Å². The molecule has 0 saturated heterocycles. The van der Waals surface area contributed by atoms with Gasteiger partial charge in [0.2, 0.25) is 0 Å². The van der Waals surface area contributed by atoms with Crippen molar-refractivity contribution in [3.05, 3.63) is 30.1 Å². The third kappa shape index (κ3) is 3.35. The Hall–Kier alpha value is -1.35. The first kappa shape index (κ1) is 14.1. The Labute approximate surface area is 116 Å². The number of benzene rings is 1. The number of para-hydroxylation sites is 2. The average Bonchev–Trinajstić information content (AvgIpc) is 2.74. The lowest BCUT2D eigenvalue weighted by Crippen LogP contribution is -2.28. The number of rotatable bonds is 7. The van der Waals surface area contributed by atoms with Crippen LogP contribution in [0.15, 0.2) is 24.3 Å². The minimum atomic E-state index is 0.653. The maximum Gasteiger partial charge on any atom is 0.106 e. The lowest BCUT2D eigenvalue weighted by molar-refractivity contribution is 0.449. The highest BCUT2D eigenvalue weighted by Gasteiger charge is 2.08. The van der Waals surface area contributed by atoms with Crippen molar-refractivity contribution in [3.8, 4) is 0 Å². The summed E-state index contributed by atoms with van der Waals surface area (Å²) in [5, 5.41) is 3.54. The summed E-state index contributed by atoms with van der Waals surface area (Å²) in [6, 6.07) is 9.05. The third-order valence-corrected chi connectivity index (χ3v) is 3.77. The summed E-state index contributed by atoms with van der Waals surface area (Å²) in [5.74, 6) is 1.12. The van der Waals surface area contributed by atoms with E-state index in [1.165, 1.54) is 24.8 Å². The monoisotopic (exact) mass is 259 g/mol. The van der Waals surface area contributed by atoms with Gasteiger partial charge in [-0.25, -0.2) is 4.98 Å². The topological polar surface area (TPSA) is 29.9 Å². The van der Waals surface area contributed by atoms with Crippen LogP contribution in [-0.4, -0.2) is 22.1 Å². The van der Waals surface area contributed by atoms with Crippen LogP contribution < -0.4 is 5.32 Å². The highest BCUT2D eigenvalue weighted by molar-refractivity contribution is 5.75. The molecular weight excluding hydrogens is 234 g/mol. The van der Waals surface area contributed by atoms with Crippen LogP contribution in [0.1, 0.15) is 38.9 Å². The van der Waals surface area contributed by atoms with Crippen LogP contribution in [0.3, 0.4) is 0 Å². The van der Waals surface area contributed by atoms with Crippen LogP contribution in [-0.2, 0) is 6.54 Å². The molecule has 0 aliphatic carbocycles.